The minimum atomic E-state index is -0.319. The summed E-state index contributed by atoms with van der Waals surface area (Å²) in [5.74, 6) is 0.623. The van der Waals surface area contributed by atoms with Gasteiger partial charge in [-0.25, -0.2) is 4.79 Å². The second-order valence-electron chi connectivity index (χ2n) is 5.37. The summed E-state index contributed by atoms with van der Waals surface area (Å²) in [5, 5.41) is 0. The smallest absolute Gasteiger partial charge is 0.343 e. The second kappa shape index (κ2) is 10.9. The molecule has 0 aliphatic heterocycles. The summed E-state index contributed by atoms with van der Waals surface area (Å²) in [6.07, 6.45) is 13.9. The van der Waals surface area contributed by atoms with Crippen molar-refractivity contribution in [3.63, 3.8) is 0 Å². The Labute approximate surface area is 129 Å². The van der Waals surface area contributed by atoms with Gasteiger partial charge in [-0.2, -0.15) is 0 Å². The molecule has 2 nitrogen and oxygen atoms in total. The summed E-state index contributed by atoms with van der Waals surface area (Å²) < 4.78 is 5.46. The topological polar surface area (TPSA) is 26.3 Å². The Morgan fingerprint density at radius 2 is 1.81 bits per heavy atom. The summed E-state index contributed by atoms with van der Waals surface area (Å²) in [6, 6.07) is 0. The summed E-state index contributed by atoms with van der Waals surface area (Å²) >= 11 is 0. The van der Waals surface area contributed by atoms with Gasteiger partial charge in [0.25, 0.3) is 0 Å². The van der Waals surface area contributed by atoms with E-state index >= 15 is 0 Å². The van der Waals surface area contributed by atoms with Crippen molar-refractivity contribution in [3.05, 3.63) is 59.4 Å². The average Bonchev–Trinajstić information content (AvgIpc) is 2.40. The van der Waals surface area contributed by atoms with Gasteiger partial charge in [-0.3, -0.25) is 0 Å². The van der Waals surface area contributed by atoms with Gasteiger partial charge in [0.2, 0.25) is 0 Å². The Morgan fingerprint density at radius 3 is 2.29 bits per heavy atom. The van der Waals surface area contributed by atoms with Crippen molar-refractivity contribution in [3.8, 4) is 0 Å². The predicted molar refractivity (Wildman–Crippen MR) is 90.8 cm³/mol. The molecule has 0 aliphatic carbocycles. The molecule has 0 amide bonds. The molecule has 0 N–H and O–H groups in total. The van der Waals surface area contributed by atoms with Gasteiger partial charge < -0.3 is 4.74 Å². The fourth-order valence-corrected chi connectivity index (χ4v) is 1.44. The van der Waals surface area contributed by atoms with E-state index in [1.165, 1.54) is 0 Å². The Morgan fingerprint density at radius 1 is 1.14 bits per heavy atom. The van der Waals surface area contributed by atoms with Crippen LogP contribution in [0.3, 0.4) is 0 Å². The molecular formula is C19H28O2. The third kappa shape index (κ3) is 9.67. The van der Waals surface area contributed by atoms with Crippen LogP contribution < -0.4 is 0 Å². The Kier molecular flexibility index (Phi) is 9.95. The Balaban J connectivity index is 5.14. The van der Waals surface area contributed by atoms with E-state index in [0.29, 0.717) is 17.3 Å². The van der Waals surface area contributed by atoms with Crippen LogP contribution in [-0.4, -0.2) is 5.97 Å². The molecule has 2 heteroatoms. The molecule has 0 heterocycles. The highest BCUT2D eigenvalue weighted by atomic mass is 16.5. The van der Waals surface area contributed by atoms with Crippen LogP contribution in [0.5, 0.6) is 0 Å². The highest BCUT2D eigenvalue weighted by Gasteiger charge is 2.09. The lowest BCUT2D eigenvalue weighted by Gasteiger charge is -2.06. The van der Waals surface area contributed by atoms with Crippen LogP contribution in [-0.2, 0) is 9.53 Å². The van der Waals surface area contributed by atoms with Gasteiger partial charge in [-0.15, -0.1) is 0 Å². The zero-order valence-corrected chi connectivity index (χ0v) is 14.1. The van der Waals surface area contributed by atoms with Crippen molar-refractivity contribution in [2.24, 2.45) is 5.92 Å². The van der Waals surface area contributed by atoms with E-state index in [4.69, 9.17) is 4.74 Å². The summed E-state index contributed by atoms with van der Waals surface area (Å²) in [4.78, 5) is 12.2. The number of hydrogen-bond donors (Lipinski definition) is 0. The standard InChI is InChI=1S/C19H28O2/c1-7-9-17(13-11-15(3)4)19(20)21-18(10-8-2)14-12-16(5)6/h8-15H,7H2,1-6H3/b10-8-,13-11-,17-9+,18-14+. The molecule has 0 aromatic carbocycles. The number of rotatable bonds is 7. The van der Waals surface area contributed by atoms with Gasteiger partial charge in [0.05, 0.1) is 5.57 Å². The molecule has 0 atom stereocenters. The highest BCUT2D eigenvalue weighted by molar-refractivity contribution is 5.92. The zero-order valence-electron chi connectivity index (χ0n) is 14.1. The van der Waals surface area contributed by atoms with E-state index in [1.54, 1.807) is 6.08 Å². The van der Waals surface area contributed by atoms with E-state index < -0.39 is 0 Å². The SMILES string of the molecule is C/C=C\C(=C/C=C(C)C)OC(=O)C(/C=C\C(C)C)=C/CC. The second-order valence-corrected chi connectivity index (χ2v) is 5.37. The molecule has 0 spiro atoms. The molecular weight excluding hydrogens is 260 g/mol. The normalized spacial score (nSPS) is 13.3. The molecule has 0 aliphatic rings. The maximum absolute atomic E-state index is 12.2. The van der Waals surface area contributed by atoms with Gasteiger partial charge in [0.1, 0.15) is 5.76 Å². The van der Waals surface area contributed by atoms with Gasteiger partial charge in [-0.05, 0) is 45.3 Å². The molecule has 0 unspecified atom stereocenters. The minimum Gasteiger partial charge on any atom is -0.423 e. The van der Waals surface area contributed by atoms with E-state index in [0.717, 1.165) is 12.0 Å². The number of ether oxygens (including phenoxy) is 1. The van der Waals surface area contributed by atoms with Gasteiger partial charge in [0, 0.05) is 0 Å². The first kappa shape index (κ1) is 19.2. The molecule has 0 aromatic heterocycles. The van der Waals surface area contributed by atoms with Crippen LogP contribution in [0, 0.1) is 5.92 Å². The zero-order chi connectivity index (χ0) is 16.3. The highest BCUT2D eigenvalue weighted by Crippen LogP contribution is 2.11. The van der Waals surface area contributed by atoms with Crippen molar-refractivity contribution >= 4 is 5.97 Å². The lowest BCUT2D eigenvalue weighted by molar-refractivity contribution is -0.134. The Bertz CT molecular complexity index is 468. The molecule has 116 valence electrons. The third-order valence-corrected chi connectivity index (χ3v) is 2.44. The predicted octanol–water partition coefficient (Wildman–Crippen LogP) is 5.50. The molecule has 0 saturated heterocycles. The summed E-state index contributed by atoms with van der Waals surface area (Å²) in [6.45, 7) is 12.0. The number of hydrogen-bond acceptors (Lipinski definition) is 2. The fourth-order valence-electron chi connectivity index (χ4n) is 1.44. The van der Waals surface area contributed by atoms with E-state index in [9.17, 15) is 4.79 Å². The fraction of sp³-hybridized carbons (Fsp3) is 0.421. The van der Waals surface area contributed by atoms with E-state index in [-0.39, 0.29) is 5.97 Å². The van der Waals surface area contributed by atoms with E-state index in [2.05, 4.69) is 13.8 Å². The largest absolute Gasteiger partial charge is 0.423 e. The van der Waals surface area contributed by atoms with Crippen LogP contribution in [0.2, 0.25) is 0 Å². The van der Waals surface area contributed by atoms with Gasteiger partial charge >= 0.3 is 5.97 Å². The van der Waals surface area contributed by atoms with Crippen LogP contribution in [0.1, 0.15) is 48.0 Å². The number of carbonyl (C=O) groups excluding carboxylic acids is 1. The number of esters is 1. The van der Waals surface area contributed by atoms with Crippen LogP contribution >= 0.6 is 0 Å². The monoisotopic (exact) mass is 288 g/mol. The molecule has 0 saturated carbocycles. The van der Waals surface area contributed by atoms with Crippen LogP contribution in [0.25, 0.3) is 0 Å². The van der Waals surface area contributed by atoms with Crippen molar-refractivity contribution in [2.45, 2.75) is 48.0 Å². The quantitative estimate of drug-likeness (QED) is 0.267. The van der Waals surface area contributed by atoms with Crippen LogP contribution in [0.15, 0.2) is 59.4 Å². The number of allylic oxidation sites excluding steroid dienone is 7. The lowest BCUT2D eigenvalue weighted by Crippen LogP contribution is -2.06. The molecule has 0 aromatic rings. The first-order chi connectivity index (χ1) is 9.90. The maximum atomic E-state index is 12.2. The maximum Gasteiger partial charge on any atom is 0.343 e. The van der Waals surface area contributed by atoms with Crippen molar-refractivity contribution in [1.82, 2.24) is 0 Å². The van der Waals surface area contributed by atoms with Gasteiger partial charge in [-0.1, -0.05) is 56.7 Å². The molecule has 0 rings (SSSR count). The molecule has 0 bridgehead atoms. The first-order valence-corrected chi connectivity index (χ1v) is 7.49. The van der Waals surface area contributed by atoms with Crippen molar-refractivity contribution < 1.29 is 9.53 Å². The van der Waals surface area contributed by atoms with Crippen molar-refractivity contribution in [2.75, 3.05) is 0 Å². The molecule has 0 fully saturated rings. The average molecular weight is 288 g/mol. The summed E-state index contributed by atoms with van der Waals surface area (Å²) in [5.41, 5.74) is 1.75. The van der Waals surface area contributed by atoms with E-state index in [1.807, 2.05) is 64.2 Å². The lowest BCUT2D eigenvalue weighted by atomic mass is 10.1. The minimum absolute atomic E-state index is 0.319. The Hall–Kier alpha value is -1.83. The molecule has 0 radical (unpaired) electrons. The number of carbonyl (C=O) groups is 1. The van der Waals surface area contributed by atoms with Gasteiger partial charge in [0.15, 0.2) is 0 Å². The first-order valence-electron chi connectivity index (χ1n) is 7.49. The molecule has 21 heavy (non-hydrogen) atoms. The van der Waals surface area contributed by atoms with Crippen molar-refractivity contribution in [1.29, 1.82) is 0 Å². The summed E-state index contributed by atoms with van der Waals surface area (Å²) in [7, 11) is 0. The third-order valence-electron chi connectivity index (χ3n) is 2.44. The van der Waals surface area contributed by atoms with Crippen LogP contribution in [0.4, 0.5) is 0 Å².